The van der Waals surface area contributed by atoms with E-state index < -0.39 is 11.7 Å². The summed E-state index contributed by atoms with van der Waals surface area (Å²) in [6.45, 7) is 3.75. The second kappa shape index (κ2) is 4.91. The second-order valence-corrected chi connectivity index (χ2v) is 4.03. The molecule has 102 valence electrons. The van der Waals surface area contributed by atoms with Crippen LogP contribution in [0.1, 0.15) is 22.9 Å². The number of aromatic nitrogens is 2. The maximum Gasteiger partial charge on any atom is 0.416 e. The zero-order valence-corrected chi connectivity index (χ0v) is 10.4. The summed E-state index contributed by atoms with van der Waals surface area (Å²) in [5.74, 6) is 1.23. The highest BCUT2D eigenvalue weighted by Gasteiger charge is 2.30. The van der Waals surface area contributed by atoms with Gasteiger partial charge in [-0.25, -0.2) is 9.97 Å². The largest absolute Gasteiger partial charge is 0.444 e. The molecule has 7 heteroatoms. The quantitative estimate of drug-likeness (QED) is 0.930. The van der Waals surface area contributed by atoms with E-state index in [1.54, 1.807) is 13.8 Å². The maximum absolute atomic E-state index is 12.5. The fraction of sp³-hybridized carbons (Fsp3) is 0.333. The van der Waals surface area contributed by atoms with Gasteiger partial charge in [-0.1, -0.05) is 0 Å². The number of hydrogen-bond donors (Lipinski definition) is 1. The lowest BCUT2D eigenvalue weighted by Gasteiger charge is -2.08. The van der Waals surface area contributed by atoms with Crippen molar-refractivity contribution in [1.29, 1.82) is 0 Å². The summed E-state index contributed by atoms with van der Waals surface area (Å²) in [7, 11) is 0. The lowest BCUT2D eigenvalue weighted by atomic mass is 10.2. The van der Waals surface area contributed by atoms with Gasteiger partial charge < -0.3 is 9.73 Å². The summed E-state index contributed by atoms with van der Waals surface area (Å²) in [6.07, 6.45) is -3.27. The lowest BCUT2D eigenvalue weighted by molar-refractivity contribution is -0.137. The summed E-state index contributed by atoms with van der Waals surface area (Å²) >= 11 is 0. The zero-order valence-electron chi connectivity index (χ0n) is 10.4. The lowest BCUT2D eigenvalue weighted by Crippen LogP contribution is -2.07. The molecule has 0 aliphatic rings. The molecule has 0 bridgehead atoms. The van der Waals surface area contributed by atoms with Crippen molar-refractivity contribution in [2.75, 3.05) is 5.32 Å². The molecule has 0 amide bonds. The second-order valence-electron chi connectivity index (χ2n) is 4.03. The van der Waals surface area contributed by atoms with Gasteiger partial charge in [0.05, 0.1) is 17.8 Å². The molecule has 19 heavy (non-hydrogen) atoms. The third-order valence-electron chi connectivity index (χ3n) is 2.58. The van der Waals surface area contributed by atoms with Gasteiger partial charge in [-0.3, -0.25) is 0 Å². The van der Waals surface area contributed by atoms with Gasteiger partial charge in [-0.2, -0.15) is 13.2 Å². The first kappa shape index (κ1) is 13.4. The van der Waals surface area contributed by atoms with Crippen LogP contribution >= 0.6 is 0 Å². The fourth-order valence-electron chi connectivity index (χ4n) is 1.48. The highest BCUT2D eigenvalue weighted by molar-refractivity contribution is 5.38. The molecule has 0 aliphatic carbocycles. The van der Waals surface area contributed by atoms with Gasteiger partial charge >= 0.3 is 6.18 Å². The third kappa shape index (κ3) is 3.24. The Kier molecular flexibility index (Phi) is 3.46. The van der Waals surface area contributed by atoms with E-state index in [4.69, 9.17) is 4.42 Å². The predicted octanol–water partition coefficient (Wildman–Crippen LogP) is 3.32. The van der Waals surface area contributed by atoms with Crippen LogP contribution in [0.3, 0.4) is 0 Å². The van der Waals surface area contributed by atoms with Crippen molar-refractivity contribution in [3.63, 3.8) is 0 Å². The van der Waals surface area contributed by atoms with Crippen LogP contribution in [0.15, 0.2) is 22.7 Å². The van der Waals surface area contributed by atoms with Crippen molar-refractivity contribution in [2.45, 2.75) is 26.6 Å². The number of alkyl halides is 3. The van der Waals surface area contributed by atoms with Crippen LogP contribution in [0.4, 0.5) is 19.0 Å². The highest BCUT2D eigenvalue weighted by atomic mass is 19.4. The molecule has 0 fully saturated rings. The Morgan fingerprint density at radius 2 is 2.05 bits per heavy atom. The fourth-order valence-corrected chi connectivity index (χ4v) is 1.48. The average molecular weight is 271 g/mol. The zero-order chi connectivity index (χ0) is 14.0. The van der Waals surface area contributed by atoms with Gasteiger partial charge in [0.15, 0.2) is 0 Å². The van der Waals surface area contributed by atoms with E-state index in [1.165, 1.54) is 0 Å². The molecule has 4 nitrogen and oxygen atoms in total. The van der Waals surface area contributed by atoms with Crippen LogP contribution < -0.4 is 5.32 Å². The molecule has 2 rings (SSSR count). The Morgan fingerprint density at radius 1 is 1.32 bits per heavy atom. The van der Waals surface area contributed by atoms with Crippen molar-refractivity contribution in [3.8, 4) is 0 Å². The number of nitrogens with zero attached hydrogens (tertiary/aromatic N) is 2. The standard InChI is InChI=1S/C12H12F3N3O/c1-7-8(2)19-11(18-7)6-17-10-5-9(3-4-16-10)12(13,14)15/h3-5H,6H2,1-2H3,(H,16,17). The number of hydrogen-bond acceptors (Lipinski definition) is 4. The number of aryl methyl sites for hydroxylation is 2. The van der Waals surface area contributed by atoms with Crippen molar-refractivity contribution in [1.82, 2.24) is 9.97 Å². The van der Waals surface area contributed by atoms with Gasteiger partial charge in [0.2, 0.25) is 5.89 Å². The SMILES string of the molecule is Cc1nc(CNc2cc(C(F)(F)F)ccn2)oc1C. The summed E-state index contributed by atoms with van der Waals surface area (Å²) < 4.78 is 42.8. The Labute approximate surface area is 107 Å². The molecule has 2 aromatic rings. The van der Waals surface area contributed by atoms with Crippen LogP contribution in [0, 0.1) is 13.8 Å². The molecule has 0 atom stereocenters. The molecular weight excluding hydrogens is 259 g/mol. The van der Waals surface area contributed by atoms with Crippen molar-refractivity contribution >= 4 is 5.82 Å². The topological polar surface area (TPSA) is 51.0 Å². The Hall–Kier alpha value is -2.05. The summed E-state index contributed by atoms with van der Waals surface area (Å²) in [6, 6.07) is 1.87. The number of rotatable bonds is 3. The first-order valence-corrected chi connectivity index (χ1v) is 5.56. The number of anilines is 1. The van der Waals surface area contributed by atoms with Gasteiger partial charge in [0, 0.05) is 6.20 Å². The van der Waals surface area contributed by atoms with Crippen molar-refractivity contribution in [2.24, 2.45) is 0 Å². The molecule has 2 heterocycles. The minimum absolute atomic E-state index is 0.128. The van der Waals surface area contributed by atoms with Crippen molar-refractivity contribution < 1.29 is 17.6 Å². The molecule has 2 aromatic heterocycles. The molecule has 0 saturated heterocycles. The van der Waals surface area contributed by atoms with E-state index >= 15 is 0 Å². The van der Waals surface area contributed by atoms with Crippen LogP contribution in [0.5, 0.6) is 0 Å². The Morgan fingerprint density at radius 3 is 2.63 bits per heavy atom. The molecule has 0 aromatic carbocycles. The van der Waals surface area contributed by atoms with Gasteiger partial charge in [0.1, 0.15) is 11.6 Å². The van der Waals surface area contributed by atoms with Crippen LogP contribution in [0.25, 0.3) is 0 Å². The highest BCUT2D eigenvalue weighted by Crippen LogP contribution is 2.29. The van der Waals surface area contributed by atoms with Gasteiger partial charge in [0.25, 0.3) is 0 Å². The van der Waals surface area contributed by atoms with Gasteiger partial charge in [-0.15, -0.1) is 0 Å². The molecule has 1 N–H and O–H groups in total. The van der Waals surface area contributed by atoms with E-state index in [0.717, 1.165) is 24.0 Å². The maximum atomic E-state index is 12.5. The Bertz CT molecular complexity index is 558. The molecule has 0 saturated carbocycles. The molecular formula is C12H12F3N3O. The third-order valence-corrected chi connectivity index (χ3v) is 2.58. The smallest absolute Gasteiger partial charge is 0.416 e. The Balaban J connectivity index is 2.07. The van der Waals surface area contributed by atoms with Crippen molar-refractivity contribution in [3.05, 3.63) is 41.2 Å². The van der Waals surface area contributed by atoms with E-state index in [-0.39, 0.29) is 12.4 Å². The summed E-state index contributed by atoms with van der Waals surface area (Å²) in [5.41, 5.74) is 0.0126. The van der Waals surface area contributed by atoms with E-state index in [0.29, 0.717) is 11.7 Å². The summed E-state index contributed by atoms with van der Waals surface area (Å²) in [4.78, 5) is 7.93. The molecule has 0 spiro atoms. The molecule has 0 aliphatic heterocycles. The minimum Gasteiger partial charge on any atom is -0.444 e. The normalized spacial score (nSPS) is 11.6. The molecule has 0 unspecified atom stereocenters. The van der Waals surface area contributed by atoms with Crippen LogP contribution in [-0.2, 0) is 12.7 Å². The monoisotopic (exact) mass is 271 g/mol. The van der Waals surface area contributed by atoms with E-state index in [1.807, 2.05) is 0 Å². The predicted molar refractivity (Wildman–Crippen MR) is 62.5 cm³/mol. The summed E-state index contributed by atoms with van der Waals surface area (Å²) in [5, 5.41) is 2.75. The first-order chi connectivity index (χ1) is 8.86. The van der Waals surface area contributed by atoms with Gasteiger partial charge in [-0.05, 0) is 26.0 Å². The number of pyridine rings is 1. The number of nitrogens with one attached hydrogen (secondary N) is 1. The van der Waals surface area contributed by atoms with Crippen LogP contribution in [-0.4, -0.2) is 9.97 Å². The van der Waals surface area contributed by atoms with E-state index in [9.17, 15) is 13.2 Å². The van der Waals surface area contributed by atoms with Crippen LogP contribution in [0.2, 0.25) is 0 Å². The average Bonchev–Trinajstić information content (AvgIpc) is 2.66. The van der Waals surface area contributed by atoms with E-state index in [2.05, 4.69) is 15.3 Å². The molecule has 0 radical (unpaired) electrons. The first-order valence-electron chi connectivity index (χ1n) is 5.56. The number of oxazole rings is 1. The minimum atomic E-state index is -4.38. The number of halogens is 3.